The van der Waals surface area contributed by atoms with Crippen LogP contribution in [0, 0.1) is 0 Å². The predicted molar refractivity (Wildman–Crippen MR) is 109 cm³/mol. The fourth-order valence-electron chi connectivity index (χ4n) is 3.01. The zero-order valence-electron chi connectivity index (χ0n) is 15.6. The monoisotopic (exact) mass is 398 g/mol. The zero-order chi connectivity index (χ0) is 20.0. The Morgan fingerprint density at radius 3 is 2.57 bits per heavy atom. The SMILES string of the molecule is CC(Cc1nc2ccccc2s1)(C(=O)NCCOCC(=O)O)c1ccccc1. The Morgan fingerprint density at radius 2 is 1.86 bits per heavy atom. The van der Waals surface area contributed by atoms with E-state index in [0.717, 1.165) is 20.8 Å². The van der Waals surface area contributed by atoms with Gasteiger partial charge in [0.15, 0.2) is 0 Å². The fourth-order valence-corrected chi connectivity index (χ4v) is 4.13. The van der Waals surface area contributed by atoms with Crippen molar-refractivity contribution < 1.29 is 19.4 Å². The maximum Gasteiger partial charge on any atom is 0.329 e. The maximum absolute atomic E-state index is 13.1. The van der Waals surface area contributed by atoms with Gasteiger partial charge in [0.25, 0.3) is 0 Å². The first-order valence-electron chi connectivity index (χ1n) is 8.97. The highest BCUT2D eigenvalue weighted by Gasteiger charge is 2.36. The van der Waals surface area contributed by atoms with E-state index in [1.165, 1.54) is 0 Å². The number of nitrogens with one attached hydrogen (secondary N) is 1. The lowest BCUT2D eigenvalue weighted by Crippen LogP contribution is -2.45. The second kappa shape index (κ2) is 8.95. The highest BCUT2D eigenvalue weighted by molar-refractivity contribution is 7.18. The first kappa shape index (κ1) is 20.0. The fraction of sp³-hybridized carbons (Fsp3) is 0.286. The number of ether oxygens (including phenoxy) is 1. The van der Waals surface area contributed by atoms with Crippen molar-refractivity contribution in [3.63, 3.8) is 0 Å². The van der Waals surface area contributed by atoms with Crippen LogP contribution in [0.25, 0.3) is 10.2 Å². The number of hydrogen-bond acceptors (Lipinski definition) is 5. The molecular formula is C21H22N2O4S. The molecule has 1 heterocycles. The quantitative estimate of drug-likeness (QED) is 0.541. The van der Waals surface area contributed by atoms with E-state index in [0.29, 0.717) is 6.42 Å². The van der Waals surface area contributed by atoms with Crippen LogP contribution in [0.2, 0.25) is 0 Å². The lowest BCUT2D eigenvalue weighted by atomic mass is 9.78. The van der Waals surface area contributed by atoms with Gasteiger partial charge < -0.3 is 15.2 Å². The number of para-hydroxylation sites is 1. The second-order valence-electron chi connectivity index (χ2n) is 6.65. The maximum atomic E-state index is 13.1. The van der Waals surface area contributed by atoms with Crippen molar-refractivity contribution >= 4 is 33.4 Å². The Bertz CT molecular complexity index is 924. The largest absolute Gasteiger partial charge is 0.480 e. The number of benzene rings is 2. The molecule has 0 aliphatic rings. The van der Waals surface area contributed by atoms with Gasteiger partial charge in [0.05, 0.1) is 27.2 Å². The molecule has 0 saturated carbocycles. The number of aromatic nitrogens is 1. The van der Waals surface area contributed by atoms with Gasteiger partial charge in [0.1, 0.15) is 6.61 Å². The number of carboxylic acid groups (broad SMARTS) is 1. The number of nitrogens with zero attached hydrogens (tertiary/aromatic N) is 1. The molecule has 1 aromatic heterocycles. The van der Waals surface area contributed by atoms with Crippen LogP contribution in [0.4, 0.5) is 0 Å². The average molecular weight is 398 g/mol. The Kier molecular flexibility index (Phi) is 6.38. The summed E-state index contributed by atoms with van der Waals surface area (Å²) in [5.41, 5.74) is 1.03. The van der Waals surface area contributed by atoms with Crippen molar-refractivity contribution in [1.29, 1.82) is 0 Å². The zero-order valence-corrected chi connectivity index (χ0v) is 16.4. The summed E-state index contributed by atoms with van der Waals surface area (Å²) < 4.78 is 6.09. The van der Waals surface area contributed by atoms with E-state index in [4.69, 9.17) is 9.84 Å². The van der Waals surface area contributed by atoms with Gasteiger partial charge in [-0.25, -0.2) is 9.78 Å². The van der Waals surface area contributed by atoms with Gasteiger partial charge in [-0.3, -0.25) is 4.79 Å². The summed E-state index contributed by atoms with van der Waals surface area (Å²) in [4.78, 5) is 28.3. The first-order chi connectivity index (χ1) is 13.5. The van der Waals surface area contributed by atoms with E-state index in [2.05, 4.69) is 10.3 Å². The molecule has 7 heteroatoms. The number of thiazole rings is 1. The van der Waals surface area contributed by atoms with Crippen LogP contribution in [0.3, 0.4) is 0 Å². The van der Waals surface area contributed by atoms with E-state index in [-0.39, 0.29) is 25.7 Å². The van der Waals surface area contributed by atoms with Crippen LogP contribution in [-0.4, -0.2) is 41.7 Å². The molecule has 0 radical (unpaired) electrons. The summed E-state index contributed by atoms with van der Waals surface area (Å²) in [5.74, 6) is -1.17. The molecule has 0 saturated heterocycles. The number of fused-ring (bicyclic) bond motifs is 1. The van der Waals surface area contributed by atoms with Crippen molar-refractivity contribution in [2.45, 2.75) is 18.8 Å². The molecule has 1 atom stereocenters. The number of carbonyl (C=O) groups excluding carboxylic acids is 1. The summed E-state index contributed by atoms with van der Waals surface area (Å²) in [7, 11) is 0. The minimum absolute atomic E-state index is 0.142. The smallest absolute Gasteiger partial charge is 0.329 e. The number of hydrogen-bond donors (Lipinski definition) is 2. The molecule has 3 rings (SSSR count). The Hall–Kier alpha value is -2.77. The Labute approximate surface area is 167 Å². The molecule has 6 nitrogen and oxygen atoms in total. The van der Waals surface area contributed by atoms with Crippen molar-refractivity contribution in [1.82, 2.24) is 10.3 Å². The molecule has 28 heavy (non-hydrogen) atoms. The molecule has 0 aliphatic carbocycles. The highest BCUT2D eigenvalue weighted by atomic mass is 32.1. The van der Waals surface area contributed by atoms with Crippen molar-refractivity contribution in [2.24, 2.45) is 0 Å². The third-order valence-electron chi connectivity index (χ3n) is 4.51. The Morgan fingerprint density at radius 1 is 1.14 bits per heavy atom. The molecule has 2 N–H and O–H groups in total. The summed E-state index contributed by atoms with van der Waals surface area (Å²) in [6.07, 6.45) is 0.470. The topological polar surface area (TPSA) is 88.5 Å². The van der Waals surface area contributed by atoms with E-state index < -0.39 is 11.4 Å². The predicted octanol–water partition coefficient (Wildman–Crippen LogP) is 3.01. The molecule has 1 amide bonds. The molecule has 0 fully saturated rings. The summed E-state index contributed by atoms with van der Waals surface area (Å²) in [5, 5.41) is 12.4. The number of carboxylic acids is 1. The average Bonchev–Trinajstić information content (AvgIpc) is 3.10. The van der Waals surface area contributed by atoms with Gasteiger partial charge in [-0.2, -0.15) is 0 Å². The Balaban J connectivity index is 1.77. The molecule has 3 aromatic rings. The van der Waals surface area contributed by atoms with Crippen LogP contribution < -0.4 is 5.32 Å². The normalized spacial score (nSPS) is 13.2. The highest BCUT2D eigenvalue weighted by Crippen LogP contribution is 2.32. The van der Waals surface area contributed by atoms with E-state index in [9.17, 15) is 9.59 Å². The van der Waals surface area contributed by atoms with Crippen LogP contribution in [0.15, 0.2) is 54.6 Å². The van der Waals surface area contributed by atoms with E-state index >= 15 is 0 Å². The van der Waals surface area contributed by atoms with Gasteiger partial charge in [-0.15, -0.1) is 11.3 Å². The summed E-state index contributed by atoms with van der Waals surface area (Å²) >= 11 is 1.59. The molecule has 146 valence electrons. The number of amides is 1. The van der Waals surface area contributed by atoms with Crippen molar-refractivity contribution in [2.75, 3.05) is 19.8 Å². The van der Waals surface area contributed by atoms with Crippen LogP contribution >= 0.6 is 11.3 Å². The minimum Gasteiger partial charge on any atom is -0.480 e. The van der Waals surface area contributed by atoms with Crippen molar-refractivity contribution in [3.05, 3.63) is 65.2 Å². The number of aliphatic carboxylic acids is 1. The number of rotatable bonds is 9. The molecule has 0 spiro atoms. The van der Waals surface area contributed by atoms with Crippen LogP contribution in [0.1, 0.15) is 17.5 Å². The van der Waals surface area contributed by atoms with Gasteiger partial charge >= 0.3 is 5.97 Å². The van der Waals surface area contributed by atoms with Crippen LogP contribution in [-0.2, 0) is 26.2 Å². The second-order valence-corrected chi connectivity index (χ2v) is 7.77. The lowest BCUT2D eigenvalue weighted by molar-refractivity contribution is -0.142. The summed E-state index contributed by atoms with van der Waals surface area (Å²) in [6.45, 7) is 1.91. The third kappa shape index (κ3) is 4.74. The molecule has 0 aliphatic heterocycles. The van der Waals surface area contributed by atoms with Gasteiger partial charge in [-0.05, 0) is 24.6 Å². The van der Waals surface area contributed by atoms with E-state index in [1.54, 1.807) is 11.3 Å². The molecule has 1 unspecified atom stereocenters. The molecule has 2 aromatic carbocycles. The van der Waals surface area contributed by atoms with Crippen molar-refractivity contribution in [3.8, 4) is 0 Å². The third-order valence-corrected chi connectivity index (χ3v) is 5.55. The minimum atomic E-state index is -1.03. The van der Waals surface area contributed by atoms with Crippen LogP contribution in [0.5, 0.6) is 0 Å². The standard InChI is InChI=1S/C21H22N2O4S/c1-21(15-7-3-2-4-8-15,20(26)22-11-12-27-14-19(24)25)13-18-23-16-9-5-6-10-17(16)28-18/h2-10H,11-14H2,1H3,(H,22,26)(H,24,25). The molecule has 0 bridgehead atoms. The first-order valence-corrected chi connectivity index (χ1v) is 9.78. The number of carbonyl (C=O) groups is 2. The van der Waals surface area contributed by atoms with Gasteiger partial charge in [0.2, 0.25) is 5.91 Å². The summed E-state index contributed by atoms with van der Waals surface area (Å²) in [6, 6.07) is 17.5. The lowest BCUT2D eigenvalue weighted by Gasteiger charge is -2.28. The van der Waals surface area contributed by atoms with Gasteiger partial charge in [-0.1, -0.05) is 42.5 Å². The molecular weight excluding hydrogens is 376 g/mol. The van der Waals surface area contributed by atoms with Gasteiger partial charge in [0, 0.05) is 13.0 Å². The van der Waals surface area contributed by atoms with E-state index in [1.807, 2.05) is 61.5 Å².